The van der Waals surface area contributed by atoms with E-state index in [0.29, 0.717) is 12.4 Å². The molecule has 1 atom stereocenters. The van der Waals surface area contributed by atoms with E-state index in [1.54, 1.807) is 22.8 Å². The lowest BCUT2D eigenvalue weighted by Crippen LogP contribution is -2.41. The Morgan fingerprint density at radius 1 is 1.21 bits per heavy atom. The summed E-state index contributed by atoms with van der Waals surface area (Å²) in [7, 11) is 0. The van der Waals surface area contributed by atoms with Crippen LogP contribution in [0.3, 0.4) is 0 Å². The average Bonchev–Trinajstić information content (AvgIpc) is 3.29. The van der Waals surface area contributed by atoms with Gasteiger partial charge in [0.2, 0.25) is 5.91 Å². The molecule has 4 rings (SSSR count). The summed E-state index contributed by atoms with van der Waals surface area (Å²) in [6.07, 6.45) is 6.87. The highest BCUT2D eigenvalue weighted by Crippen LogP contribution is 2.24. The van der Waals surface area contributed by atoms with Crippen LogP contribution in [0.5, 0.6) is 0 Å². The van der Waals surface area contributed by atoms with E-state index in [2.05, 4.69) is 30.5 Å². The Morgan fingerprint density at radius 2 is 2.07 bits per heavy atom. The molecular weight excluding hydrogens is 374 g/mol. The zero-order valence-corrected chi connectivity index (χ0v) is 16.3. The van der Waals surface area contributed by atoms with Crippen LogP contribution < -0.4 is 10.2 Å². The lowest BCUT2D eigenvalue weighted by Gasteiger charge is -2.32. The van der Waals surface area contributed by atoms with Gasteiger partial charge in [0.1, 0.15) is 12.7 Å². The Morgan fingerprint density at radius 3 is 2.82 bits per heavy atom. The largest absolute Gasteiger partial charge is 0.354 e. The molecule has 1 N–H and O–H groups in total. The van der Waals surface area contributed by atoms with Crippen molar-refractivity contribution >= 4 is 29.2 Å². The van der Waals surface area contributed by atoms with Gasteiger partial charge in [0.15, 0.2) is 11.6 Å². The fourth-order valence-corrected chi connectivity index (χ4v) is 3.74. The monoisotopic (exact) mass is 395 g/mol. The molecule has 1 saturated heterocycles. The molecule has 3 heterocycles. The third-order valence-corrected chi connectivity index (χ3v) is 5.47. The number of hydrogen-bond acceptors (Lipinski definition) is 7. The van der Waals surface area contributed by atoms with E-state index in [9.17, 15) is 4.79 Å². The Balaban J connectivity index is 1.41. The van der Waals surface area contributed by atoms with Crippen molar-refractivity contribution in [2.45, 2.75) is 17.7 Å². The number of carbonyl (C=O) groups is 1. The van der Waals surface area contributed by atoms with Crippen LogP contribution in [0.15, 0.2) is 53.9 Å². The fourth-order valence-electron chi connectivity index (χ4n) is 3.28. The van der Waals surface area contributed by atoms with Crippen molar-refractivity contribution in [1.82, 2.24) is 25.0 Å². The number of nitrogens with zero attached hydrogens (tertiary/aromatic N) is 6. The summed E-state index contributed by atoms with van der Waals surface area (Å²) in [6.45, 7) is 1.49. The maximum absolute atomic E-state index is 12.8. The number of carbonyl (C=O) groups excluding carboxylic acids is 1. The van der Waals surface area contributed by atoms with Crippen molar-refractivity contribution in [2.75, 3.05) is 29.6 Å². The Kier molecular flexibility index (Phi) is 5.52. The second-order valence-electron chi connectivity index (χ2n) is 6.60. The first-order chi connectivity index (χ1) is 13.7. The molecule has 1 fully saturated rings. The minimum Gasteiger partial charge on any atom is -0.354 e. The molecule has 9 heteroatoms. The van der Waals surface area contributed by atoms with Crippen LogP contribution in [0.4, 0.5) is 11.5 Å². The van der Waals surface area contributed by atoms with Gasteiger partial charge in [-0.25, -0.2) is 9.67 Å². The van der Waals surface area contributed by atoms with E-state index in [4.69, 9.17) is 0 Å². The SMILES string of the molecule is CSc1cccc(NC(=O)C2CCCN(c3ccc(-n4cncn4)nn3)C2)c1. The topological polar surface area (TPSA) is 88.8 Å². The van der Waals surface area contributed by atoms with Gasteiger partial charge in [0, 0.05) is 23.7 Å². The number of thioether (sulfide) groups is 1. The van der Waals surface area contributed by atoms with Gasteiger partial charge in [0.25, 0.3) is 0 Å². The van der Waals surface area contributed by atoms with Gasteiger partial charge in [-0.2, -0.15) is 5.10 Å². The van der Waals surface area contributed by atoms with E-state index in [1.807, 2.05) is 42.7 Å². The predicted molar refractivity (Wildman–Crippen MR) is 109 cm³/mol. The number of nitrogens with one attached hydrogen (secondary N) is 1. The van der Waals surface area contributed by atoms with Gasteiger partial charge in [-0.3, -0.25) is 4.79 Å². The maximum Gasteiger partial charge on any atom is 0.229 e. The van der Waals surface area contributed by atoms with Crippen LogP contribution in [-0.4, -0.2) is 50.2 Å². The van der Waals surface area contributed by atoms with Gasteiger partial charge < -0.3 is 10.2 Å². The summed E-state index contributed by atoms with van der Waals surface area (Å²) >= 11 is 1.66. The average molecular weight is 395 g/mol. The summed E-state index contributed by atoms with van der Waals surface area (Å²) in [5.41, 5.74) is 0.839. The van der Waals surface area contributed by atoms with E-state index in [0.717, 1.165) is 35.8 Å². The molecule has 144 valence electrons. The number of hydrogen-bond donors (Lipinski definition) is 1. The van der Waals surface area contributed by atoms with E-state index in [1.165, 1.54) is 6.33 Å². The number of rotatable bonds is 5. The molecule has 0 spiro atoms. The fraction of sp³-hybridized carbons (Fsp3) is 0.316. The first kappa shape index (κ1) is 18.4. The van der Waals surface area contributed by atoms with Crippen molar-refractivity contribution in [3.8, 4) is 5.82 Å². The van der Waals surface area contributed by atoms with Crippen molar-refractivity contribution in [3.63, 3.8) is 0 Å². The highest BCUT2D eigenvalue weighted by Gasteiger charge is 2.27. The van der Waals surface area contributed by atoms with Crippen LogP contribution in [-0.2, 0) is 4.79 Å². The standard InChI is InChI=1S/C19H21N7OS/c1-28-16-6-2-5-15(10-16)22-19(27)14-4-3-9-25(11-14)17-7-8-18(24-23-17)26-13-20-12-21-26/h2,5-8,10,12-14H,3-4,9,11H2,1H3,(H,22,27). The zero-order chi connectivity index (χ0) is 19.3. The smallest absolute Gasteiger partial charge is 0.229 e. The molecule has 0 bridgehead atoms. The third kappa shape index (κ3) is 4.14. The molecule has 28 heavy (non-hydrogen) atoms. The second kappa shape index (κ2) is 8.39. The quantitative estimate of drug-likeness (QED) is 0.664. The molecule has 0 radical (unpaired) electrons. The normalized spacial score (nSPS) is 16.8. The number of piperidine rings is 1. The molecule has 1 unspecified atom stereocenters. The maximum atomic E-state index is 12.8. The Bertz CT molecular complexity index is 930. The van der Waals surface area contributed by atoms with Crippen LogP contribution in [0, 0.1) is 5.92 Å². The lowest BCUT2D eigenvalue weighted by molar-refractivity contribution is -0.120. The molecular formula is C19H21N7OS. The molecule has 1 amide bonds. The van der Waals surface area contributed by atoms with Crippen LogP contribution in [0.1, 0.15) is 12.8 Å². The summed E-state index contributed by atoms with van der Waals surface area (Å²) in [5, 5.41) is 15.6. The minimum atomic E-state index is -0.0801. The van der Waals surface area contributed by atoms with Crippen LogP contribution in [0.2, 0.25) is 0 Å². The number of aromatic nitrogens is 5. The van der Waals surface area contributed by atoms with Gasteiger partial charge >= 0.3 is 0 Å². The van der Waals surface area contributed by atoms with Crippen molar-refractivity contribution in [1.29, 1.82) is 0 Å². The van der Waals surface area contributed by atoms with Crippen LogP contribution >= 0.6 is 11.8 Å². The predicted octanol–water partition coefficient (Wildman–Crippen LogP) is 2.63. The summed E-state index contributed by atoms with van der Waals surface area (Å²) < 4.78 is 1.56. The molecule has 8 nitrogen and oxygen atoms in total. The summed E-state index contributed by atoms with van der Waals surface area (Å²) in [6, 6.07) is 11.7. The first-order valence-corrected chi connectivity index (χ1v) is 10.3. The highest BCUT2D eigenvalue weighted by atomic mass is 32.2. The van der Waals surface area contributed by atoms with Crippen molar-refractivity contribution < 1.29 is 4.79 Å². The number of amides is 1. The van der Waals surface area contributed by atoms with E-state index in [-0.39, 0.29) is 11.8 Å². The molecule has 0 saturated carbocycles. The van der Waals surface area contributed by atoms with Gasteiger partial charge in [-0.1, -0.05) is 6.07 Å². The van der Waals surface area contributed by atoms with Crippen molar-refractivity contribution in [2.24, 2.45) is 5.92 Å². The van der Waals surface area contributed by atoms with E-state index < -0.39 is 0 Å². The molecule has 1 aromatic carbocycles. The second-order valence-corrected chi connectivity index (χ2v) is 7.48. The Hall–Kier alpha value is -2.94. The van der Waals surface area contributed by atoms with Crippen LogP contribution in [0.25, 0.3) is 5.82 Å². The van der Waals surface area contributed by atoms with Gasteiger partial charge in [-0.15, -0.1) is 22.0 Å². The Labute approximate surface area is 167 Å². The van der Waals surface area contributed by atoms with E-state index >= 15 is 0 Å². The molecule has 3 aromatic rings. The molecule has 1 aliphatic heterocycles. The molecule has 2 aromatic heterocycles. The molecule has 0 aliphatic carbocycles. The number of benzene rings is 1. The molecule has 1 aliphatic rings. The summed E-state index contributed by atoms with van der Waals surface area (Å²) in [5.74, 6) is 1.35. The third-order valence-electron chi connectivity index (χ3n) is 4.74. The lowest BCUT2D eigenvalue weighted by atomic mass is 9.97. The number of anilines is 2. The van der Waals surface area contributed by atoms with Gasteiger partial charge in [0.05, 0.1) is 5.92 Å². The highest BCUT2D eigenvalue weighted by molar-refractivity contribution is 7.98. The summed E-state index contributed by atoms with van der Waals surface area (Å²) in [4.78, 5) is 19.9. The zero-order valence-electron chi connectivity index (χ0n) is 15.5. The first-order valence-electron chi connectivity index (χ1n) is 9.11. The van der Waals surface area contributed by atoms with Crippen molar-refractivity contribution in [3.05, 3.63) is 49.1 Å². The van der Waals surface area contributed by atoms with Gasteiger partial charge in [-0.05, 0) is 49.4 Å². The minimum absolute atomic E-state index is 0.0511.